The topological polar surface area (TPSA) is 59.4 Å². The molecule has 0 spiro atoms. The summed E-state index contributed by atoms with van der Waals surface area (Å²) in [5.41, 5.74) is 4.29. The molecule has 2 heterocycles. The lowest BCUT2D eigenvalue weighted by Crippen LogP contribution is -2.35. The van der Waals surface area contributed by atoms with Gasteiger partial charge in [0, 0.05) is 37.6 Å². The van der Waals surface area contributed by atoms with Crippen LogP contribution in [0.3, 0.4) is 0 Å². The molecule has 1 aliphatic heterocycles. The first-order chi connectivity index (χ1) is 13.9. The second-order valence-corrected chi connectivity index (χ2v) is 8.93. The number of nitrogens with zero attached hydrogens (tertiary/aromatic N) is 3. The zero-order chi connectivity index (χ0) is 20.8. The average Bonchev–Trinajstić information content (AvgIpc) is 2.96. The van der Waals surface area contributed by atoms with Gasteiger partial charge in [-0.1, -0.05) is 37.7 Å². The van der Waals surface area contributed by atoms with Crippen LogP contribution in [-0.4, -0.2) is 52.4 Å². The van der Waals surface area contributed by atoms with Crippen molar-refractivity contribution in [1.29, 1.82) is 0 Å². The number of carbonyl (C=O) groups is 1. The zero-order valence-corrected chi connectivity index (χ0v) is 18.7. The Balaban J connectivity index is 1.51. The molecule has 7 heteroatoms. The smallest absolute Gasteiger partial charge is 0.234 e. The first-order valence-electron chi connectivity index (χ1n) is 10.3. The number of benzene rings is 1. The summed E-state index contributed by atoms with van der Waals surface area (Å²) in [6, 6.07) is 8.12. The van der Waals surface area contributed by atoms with Crippen LogP contribution in [0, 0.1) is 19.8 Å². The lowest BCUT2D eigenvalue weighted by Gasteiger charge is -2.26. The third-order valence-electron chi connectivity index (χ3n) is 5.05. The van der Waals surface area contributed by atoms with Crippen LogP contribution in [0.1, 0.15) is 30.8 Å². The Hall–Kier alpha value is -1.83. The predicted octanol–water partition coefficient (Wildman–Crippen LogP) is 3.72. The third-order valence-corrected chi connectivity index (χ3v) is 6.03. The van der Waals surface area contributed by atoms with E-state index in [2.05, 4.69) is 52.7 Å². The molecule has 0 atom stereocenters. The fraction of sp³-hybridized carbons (Fsp3) is 0.545. The number of morpholine rings is 1. The second-order valence-electron chi connectivity index (χ2n) is 7.99. The molecule has 0 unspecified atom stereocenters. The zero-order valence-electron chi connectivity index (χ0n) is 17.9. The molecule has 29 heavy (non-hydrogen) atoms. The minimum atomic E-state index is -0.00895. The first-order valence-corrected chi connectivity index (χ1v) is 11.3. The molecule has 1 aromatic carbocycles. The number of rotatable bonds is 8. The van der Waals surface area contributed by atoms with Gasteiger partial charge in [-0.05, 0) is 37.5 Å². The van der Waals surface area contributed by atoms with Crippen molar-refractivity contribution in [3.05, 3.63) is 41.2 Å². The van der Waals surface area contributed by atoms with Crippen molar-refractivity contribution >= 4 is 23.4 Å². The largest absolute Gasteiger partial charge is 0.379 e. The van der Waals surface area contributed by atoms with Gasteiger partial charge in [0.25, 0.3) is 0 Å². The summed E-state index contributed by atoms with van der Waals surface area (Å²) in [5, 5.41) is 3.92. The molecular formula is C22H32N4O2S. The highest BCUT2D eigenvalue weighted by atomic mass is 32.2. The van der Waals surface area contributed by atoms with E-state index in [4.69, 9.17) is 4.74 Å². The van der Waals surface area contributed by atoms with Crippen LogP contribution in [0.4, 0.5) is 5.69 Å². The van der Waals surface area contributed by atoms with Crippen LogP contribution in [0.2, 0.25) is 0 Å². The maximum absolute atomic E-state index is 12.4. The predicted molar refractivity (Wildman–Crippen MR) is 118 cm³/mol. The summed E-state index contributed by atoms with van der Waals surface area (Å²) in [6.45, 7) is 13.9. The first kappa shape index (κ1) is 21.9. The third kappa shape index (κ3) is 6.32. The number of amides is 1. The Morgan fingerprint density at radius 1 is 1.21 bits per heavy atom. The SMILES string of the molecule is Cc1nc(SCC(=O)Nc2ccc(CN3CCOCC3)cc2)n(CC(C)C)c1C. The van der Waals surface area contributed by atoms with Crippen LogP contribution in [0.5, 0.6) is 0 Å². The molecule has 1 aliphatic rings. The van der Waals surface area contributed by atoms with Gasteiger partial charge in [-0.2, -0.15) is 0 Å². The lowest BCUT2D eigenvalue weighted by atomic mass is 10.2. The van der Waals surface area contributed by atoms with Gasteiger partial charge in [0.1, 0.15) is 0 Å². The average molecular weight is 417 g/mol. The number of aromatic nitrogens is 2. The number of anilines is 1. The van der Waals surface area contributed by atoms with Crippen molar-refractivity contribution in [2.75, 3.05) is 37.4 Å². The molecule has 6 nitrogen and oxygen atoms in total. The van der Waals surface area contributed by atoms with E-state index in [0.717, 1.165) is 55.9 Å². The number of hydrogen-bond donors (Lipinski definition) is 1. The number of ether oxygens (including phenoxy) is 1. The Kier molecular flexibility index (Phi) is 7.75. The van der Waals surface area contributed by atoms with E-state index >= 15 is 0 Å². The number of aryl methyl sites for hydroxylation is 1. The molecule has 0 saturated carbocycles. The summed E-state index contributed by atoms with van der Waals surface area (Å²) in [4.78, 5) is 19.4. The maximum Gasteiger partial charge on any atom is 0.234 e. The van der Waals surface area contributed by atoms with E-state index in [-0.39, 0.29) is 5.91 Å². The van der Waals surface area contributed by atoms with E-state index in [1.807, 2.05) is 19.1 Å². The van der Waals surface area contributed by atoms with Crippen molar-refractivity contribution in [2.45, 2.75) is 45.9 Å². The molecule has 1 N–H and O–H groups in total. The summed E-state index contributed by atoms with van der Waals surface area (Å²) >= 11 is 1.50. The van der Waals surface area contributed by atoms with Gasteiger partial charge >= 0.3 is 0 Å². The Bertz CT molecular complexity index is 811. The normalized spacial score (nSPS) is 15.1. The van der Waals surface area contributed by atoms with Crippen LogP contribution < -0.4 is 5.32 Å². The summed E-state index contributed by atoms with van der Waals surface area (Å²) in [7, 11) is 0. The van der Waals surface area contributed by atoms with Crippen molar-refractivity contribution in [3.8, 4) is 0 Å². The minimum Gasteiger partial charge on any atom is -0.379 e. The van der Waals surface area contributed by atoms with E-state index in [1.165, 1.54) is 23.0 Å². The molecule has 1 fully saturated rings. The van der Waals surface area contributed by atoms with Crippen LogP contribution in [0.15, 0.2) is 29.4 Å². The molecule has 2 aromatic rings. The van der Waals surface area contributed by atoms with Gasteiger partial charge in [0.15, 0.2) is 5.16 Å². The van der Waals surface area contributed by atoms with Gasteiger partial charge in [-0.3, -0.25) is 9.69 Å². The van der Waals surface area contributed by atoms with Crippen molar-refractivity contribution < 1.29 is 9.53 Å². The van der Waals surface area contributed by atoms with Crippen molar-refractivity contribution in [3.63, 3.8) is 0 Å². The summed E-state index contributed by atoms with van der Waals surface area (Å²) in [5.74, 6) is 0.876. The fourth-order valence-corrected chi connectivity index (χ4v) is 4.25. The van der Waals surface area contributed by atoms with Crippen LogP contribution >= 0.6 is 11.8 Å². The van der Waals surface area contributed by atoms with Crippen LogP contribution in [-0.2, 0) is 22.6 Å². The molecular weight excluding hydrogens is 384 g/mol. The fourth-order valence-electron chi connectivity index (χ4n) is 3.35. The quantitative estimate of drug-likeness (QED) is 0.665. The molecule has 3 rings (SSSR count). The highest BCUT2D eigenvalue weighted by molar-refractivity contribution is 7.99. The number of thioether (sulfide) groups is 1. The van der Waals surface area contributed by atoms with Gasteiger partial charge in [-0.25, -0.2) is 4.98 Å². The molecule has 1 aromatic heterocycles. The molecule has 0 radical (unpaired) electrons. The Morgan fingerprint density at radius 2 is 1.90 bits per heavy atom. The molecule has 1 saturated heterocycles. The van der Waals surface area contributed by atoms with Gasteiger partial charge < -0.3 is 14.6 Å². The summed E-state index contributed by atoms with van der Waals surface area (Å²) < 4.78 is 7.61. The second kappa shape index (κ2) is 10.3. The molecule has 0 aliphatic carbocycles. The van der Waals surface area contributed by atoms with Gasteiger partial charge in [0.2, 0.25) is 5.91 Å². The standard InChI is InChI=1S/C22H32N4O2S/c1-16(2)13-26-18(4)17(3)23-22(26)29-15-21(27)24-20-7-5-19(6-8-20)14-25-9-11-28-12-10-25/h5-8,16H,9-15H2,1-4H3,(H,24,27). The van der Waals surface area contributed by atoms with E-state index in [9.17, 15) is 4.79 Å². The van der Waals surface area contributed by atoms with Crippen LogP contribution in [0.25, 0.3) is 0 Å². The number of imidazole rings is 1. The van der Waals surface area contributed by atoms with E-state index < -0.39 is 0 Å². The van der Waals surface area contributed by atoms with E-state index in [1.54, 1.807) is 0 Å². The highest BCUT2D eigenvalue weighted by Gasteiger charge is 2.15. The monoisotopic (exact) mass is 416 g/mol. The van der Waals surface area contributed by atoms with Crippen molar-refractivity contribution in [1.82, 2.24) is 14.5 Å². The minimum absolute atomic E-state index is 0.00895. The lowest BCUT2D eigenvalue weighted by molar-refractivity contribution is -0.113. The number of nitrogens with one attached hydrogen (secondary N) is 1. The summed E-state index contributed by atoms with van der Waals surface area (Å²) in [6.07, 6.45) is 0. The van der Waals surface area contributed by atoms with E-state index in [0.29, 0.717) is 11.7 Å². The molecule has 1 amide bonds. The molecule has 158 valence electrons. The highest BCUT2D eigenvalue weighted by Crippen LogP contribution is 2.23. The van der Waals surface area contributed by atoms with Gasteiger partial charge in [0.05, 0.1) is 24.7 Å². The van der Waals surface area contributed by atoms with Crippen molar-refractivity contribution in [2.24, 2.45) is 5.92 Å². The number of carbonyl (C=O) groups excluding carboxylic acids is 1. The Morgan fingerprint density at radius 3 is 2.55 bits per heavy atom. The molecule has 0 bridgehead atoms. The maximum atomic E-state index is 12.4. The van der Waals surface area contributed by atoms with Gasteiger partial charge in [-0.15, -0.1) is 0 Å². The number of hydrogen-bond acceptors (Lipinski definition) is 5. The Labute approximate surface area is 178 Å².